The number of aryl methyl sites for hydroxylation is 2. The predicted octanol–water partition coefficient (Wildman–Crippen LogP) is 9.47. The molecule has 0 aliphatic heterocycles. The number of rotatable bonds is 4. The Kier molecular flexibility index (Phi) is 5.95. The van der Waals surface area contributed by atoms with Crippen LogP contribution in [0, 0.1) is 13.8 Å². The lowest BCUT2D eigenvalue weighted by molar-refractivity contribution is 1.10. The third-order valence-electron chi connectivity index (χ3n) is 8.42. The molecular formula is C40H30NP. The van der Waals surface area contributed by atoms with E-state index in [4.69, 9.17) is 0 Å². The highest BCUT2D eigenvalue weighted by molar-refractivity contribution is 7.80. The molecule has 0 spiro atoms. The second-order valence-electron chi connectivity index (χ2n) is 11.2. The van der Waals surface area contributed by atoms with Crippen molar-refractivity contribution in [1.29, 1.82) is 0 Å². The van der Waals surface area contributed by atoms with Gasteiger partial charge in [-0.15, -0.1) is 0 Å². The van der Waals surface area contributed by atoms with Crippen molar-refractivity contribution in [3.05, 3.63) is 157 Å². The van der Waals surface area contributed by atoms with E-state index in [2.05, 4.69) is 164 Å². The summed E-state index contributed by atoms with van der Waals surface area (Å²) in [4.78, 5) is 0. The van der Waals surface area contributed by atoms with Gasteiger partial charge in [-0.3, -0.25) is 0 Å². The second-order valence-corrected chi connectivity index (χ2v) is 13.3. The van der Waals surface area contributed by atoms with Crippen LogP contribution in [0.1, 0.15) is 11.1 Å². The number of aromatic nitrogens is 1. The summed E-state index contributed by atoms with van der Waals surface area (Å²) < 4.78 is 2.43. The molecule has 0 atom stereocenters. The number of fused-ring (bicyclic) bond motifs is 6. The molecule has 0 radical (unpaired) electrons. The van der Waals surface area contributed by atoms with Crippen LogP contribution in [0.3, 0.4) is 0 Å². The Labute approximate surface area is 247 Å². The fraction of sp³-hybridized carbons (Fsp3) is 0.0500. The quantitative estimate of drug-likeness (QED) is 0.151. The van der Waals surface area contributed by atoms with Crippen molar-refractivity contribution in [3.63, 3.8) is 0 Å². The topological polar surface area (TPSA) is 4.93 Å². The Balaban J connectivity index is 1.53. The van der Waals surface area contributed by atoms with Crippen molar-refractivity contribution >= 4 is 67.1 Å². The first-order valence-corrected chi connectivity index (χ1v) is 15.9. The highest BCUT2D eigenvalue weighted by Gasteiger charge is 2.26. The number of benzene rings is 7. The van der Waals surface area contributed by atoms with Crippen molar-refractivity contribution in [2.75, 3.05) is 0 Å². The van der Waals surface area contributed by atoms with Gasteiger partial charge in [-0.1, -0.05) is 103 Å². The van der Waals surface area contributed by atoms with Gasteiger partial charge in [-0.05, 0) is 115 Å². The molecule has 1 heterocycles. The largest absolute Gasteiger partial charge is 0.316 e. The summed E-state index contributed by atoms with van der Waals surface area (Å²) in [6.07, 6.45) is 2.24. The molecule has 0 saturated heterocycles. The van der Waals surface area contributed by atoms with Crippen LogP contribution in [0.4, 0.5) is 0 Å². The molecule has 8 aromatic rings. The van der Waals surface area contributed by atoms with E-state index in [0.29, 0.717) is 0 Å². The molecule has 200 valence electrons. The Bertz CT molecular complexity index is 2150. The van der Waals surface area contributed by atoms with Crippen molar-refractivity contribution in [3.8, 4) is 5.69 Å². The SMILES string of the molecule is Cc1cc(C)cc(-n2cccc2P(c2cc3ccccc3c3ccccc23)c2cc3ccccc3c3ccccc23)c1. The summed E-state index contributed by atoms with van der Waals surface area (Å²) in [5, 5.41) is 13.2. The number of hydrogen-bond acceptors (Lipinski definition) is 0. The van der Waals surface area contributed by atoms with Crippen LogP contribution >= 0.6 is 7.92 Å². The maximum atomic E-state index is 2.46. The van der Waals surface area contributed by atoms with Gasteiger partial charge in [0.1, 0.15) is 0 Å². The lowest BCUT2D eigenvalue weighted by Crippen LogP contribution is -2.26. The molecular weight excluding hydrogens is 525 g/mol. The summed E-state index contributed by atoms with van der Waals surface area (Å²) in [6, 6.07) is 52.0. The van der Waals surface area contributed by atoms with Gasteiger partial charge >= 0.3 is 0 Å². The van der Waals surface area contributed by atoms with E-state index < -0.39 is 7.92 Å². The first kappa shape index (κ1) is 25.0. The molecule has 8 rings (SSSR count). The molecule has 0 bridgehead atoms. The molecule has 0 aliphatic carbocycles. The summed E-state index contributed by atoms with van der Waals surface area (Å²) in [5.41, 5.74) is 5.11. The summed E-state index contributed by atoms with van der Waals surface area (Å²) >= 11 is 0. The zero-order chi connectivity index (χ0) is 28.2. The van der Waals surface area contributed by atoms with Gasteiger partial charge < -0.3 is 4.57 Å². The smallest absolute Gasteiger partial charge is 0.0549 e. The maximum absolute atomic E-state index is 2.46. The number of nitrogens with zero attached hydrogens (tertiary/aromatic N) is 1. The Morgan fingerprint density at radius 1 is 0.429 bits per heavy atom. The zero-order valence-corrected chi connectivity index (χ0v) is 24.6. The van der Waals surface area contributed by atoms with Gasteiger partial charge in [0, 0.05) is 19.8 Å². The van der Waals surface area contributed by atoms with E-state index in [1.54, 1.807) is 0 Å². The van der Waals surface area contributed by atoms with Gasteiger partial charge in [0.2, 0.25) is 0 Å². The van der Waals surface area contributed by atoms with Crippen molar-refractivity contribution in [2.45, 2.75) is 13.8 Å². The molecule has 0 amide bonds. The molecule has 0 saturated carbocycles. The Hall–Kier alpha value is -4.71. The van der Waals surface area contributed by atoms with Crippen LogP contribution in [-0.2, 0) is 0 Å². The average molecular weight is 556 g/mol. The second kappa shape index (κ2) is 9.98. The summed E-state index contributed by atoms with van der Waals surface area (Å²) in [6.45, 7) is 4.38. The van der Waals surface area contributed by atoms with Crippen LogP contribution in [0.2, 0.25) is 0 Å². The Morgan fingerprint density at radius 2 is 0.881 bits per heavy atom. The van der Waals surface area contributed by atoms with Gasteiger partial charge in [-0.2, -0.15) is 0 Å². The molecule has 0 aliphatic rings. The third kappa shape index (κ3) is 4.04. The molecule has 7 aromatic carbocycles. The van der Waals surface area contributed by atoms with E-state index in [0.717, 1.165) is 0 Å². The minimum absolute atomic E-state index is 0.956. The number of hydrogen-bond donors (Lipinski definition) is 0. The summed E-state index contributed by atoms with van der Waals surface area (Å²) in [5.74, 6) is 0. The van der Waals surface area contributed by atoms with Gasteiger partial charge in [0.25, 0.3) is 0 Å². The zero-order valence-electron chi connectivity index (χ0n) is 23.8. The van der Waals surface area contributed by atoms with Crippen LogP contribution in [-0.4, -0.2) is 4.57 Å². The van der Waals surface area contributed by atoms with Crippen molar-refractivity contribution < 1.29 is 0 Å². The van der Waals surface area contributed by atoms with E-state index in [1.807, 2.05) is 0 Å². The van der Waals surface area contributed by atoms with Gasteiger partial charge in [-0.25, -0.2) is 0 Å². The minimum atomic E-state index is -0.956. The highest BCUT2D eigenvalue weighted by Crippen LogP contribution is 2.42. The Morgan fingerprint density at radius 3 is 1.40 bits per heavy atom. The van der Waals surface area contributed by atoms with Crippen LogP contribution in [0.15, 0.2) is 146 Å². The van der Waals surface area contributed by atoms with Crippen LogP contribution in [0.25, 0.3) is 48.8 Å². The molecule has 1 aromatic heterocycles. The van der Waals surface area contributed by atoms with Gasteiger partial charge in [0.15, 0.2) is 0 Å². The minimum Gasteiger partial charge on any atom is -0.316 e. The standard InChI is InChI=1S/C40H30NP/c1-27-22-28(2)24-31(23-27)41-21-11-20-40(41)42(38-25-29-12-3-5-14-32(29)34-16-7-9-18-36(34)38)39-26-30-13-4-6-15-33(30)35-17-8-10-19-37(35)39/h3-26H,1-2H3. The average Bonchev–Trinajstić information content (AvgIpc) is 3.50. The van der Waals surface area contributed by atoms with E-state index in [9.17, 15) is 0 Å². The maximum Gasteiger partial charge on any atom is 0.0549 e. The first-order chi connectivity index (χ1) is 20.7. The molecule has 42 heavy (non-hydrogen) atoms. The fourth-order valence-electron chi connectivity index (χ4n) is 6.68. The molecule has 0 N–H and O–H groups in total. The highest BCUT2D eigenvalue weighted by atomic mass is 31.1. The molecule has 2 heteroatoms. The fourth-order valence-corrected chi connectivity index (χ4v) is 9.47. The van der Waals surface area contributed by atoms with E-state index >= 15 is 0 Å². The van der Waals surface area contributed by atoms with E-state index in [1.165, 1.54) is 75.9 Å². The lowest BCUT2D eigenvalue weighted by Gasteiger charge is -2.26. The van der Waals surface area contributed by atoms with Crippen molar-refractivity contribution in [1.82, 2.24) is 4.57 Å². The van der Waals surface area contributed by atoms with E-state index in [-0.39, 0.29) is 0 Å². The van der Waals surface area contributed by atoms with Gasteiger partial charge in [0.05, 0.1) is 5.44 Å². The molecule has 0 fully saturated rings. The molecule has 1 nitrogen and oxygen atoms in total. The predicted molar refractivity (Wildman–Crippen MR) is 184 cm³/mol. The van der Waals surface area contributed by atoms with Crippen molar-refractivity contribution in [2.24, 2.45) is 0 Å². The van der Waals surface area contributed by atoms with Crippen LogP contribution in [0.5, 0.6) is 0 Å². The third-order valence-corrected chi connectivity index (χ3v) is 10.9. The lowest BCUT2D eigenvalue weighted by atomic mass is 10.0. The summed E-state index contributed by atoms with van der Waals surface area (Å²) in [7, 11) is -0.956. The first-order valence-electron chi connectivity index (χ1n) is 14.5. The monoisotopic (exact) mass is 555 g/mol. The normalized spacial score (nSPS) is 11.8. The molecule has 0 unspecified atom stereocenters. The van der Waals surface area contributed by atoms with Crippen LogP contribution < -0.4 is 16.0 Å².